The molecule has 0 spiro atoms. The summed E-state index contributed by atoms with van der Waals surface area (Å²) in [5.41, 5.74) is 1.03. The Labute approximate surface area is 181 Å². The van der Waals surface area contributed by atoms with E-state index < -0.39 is 0 Å². The molecule has 1 aliphatic heterocycles. The summed E-state index contributed by atoms with van der Waals surface area (Å²) < 4.78 is 3.16. The number of nitrogens with one attached hydrogen (secondary N) is 2. The van der Waals surface area contributed by atoms with Crippen LogP contribution in [0.4, 0.5) is 0 Å². The van der Waals surface area contributed by atoms with Gasteiger partial charge in [0.25, 0.3) is 11.5 Å². The summed E-state index contributed by atoms with van der Waals surface area (Å²) in [6, 6.07) is 6.90. The van der Waals surface area contributed by atoms with Gasteiger partial charge in [-0.05, 0) is 50.0 Å². The summed E-state index contributed by atoms with van der Waals surface area (Å²) in [6.45, 7) is 8.04. The average Bonchev–Trinajstić information content (AvgIpc) is 2.76. The second-order valence-corrected chi connectivity index (χ2v) is 8.65. The second-order valence-electron chi connectivity index (χ2n) is 8.65. The van der Waals surface area contributed by atoms with E-state index in [2.05, 4.69) is 15.2 Å². The van der Waals surface area contributed by atoms with Crippen LogP contribution in [0.25, 0.3) is 16.7 Å². The molecule has 3 aromatic heterocycles. The van der Waals surface area contributed by atoms with Crippen molar-refractivity contribution in [1.29, 1.82) is 5.41 Å². The van der Waals surface area contributed by atoms with E-state index in [0.29, 0.717) is 29.8 Å². The number of fused-ring (bicyclic) bond motifs is 2. The van der Waals surface area contributed by atoms with E-state index in [1.54, 1.807) is 22.9 Å². The first kappa shape index (κ1) is 21.2. The van der Waals surface area contributed by atoms with Crippen LogP contribution in [0.15, 0.2) is 35.3 Å². The predicted molar refractivity (Wildman–Crippen MR) is 120 cm³/mol. The largest absolute Gasteiger partial charge is 0.351 e. The number of nitrogens with zero attached hydrogens (tertiary/aromatic N) is 4. The van der Waals surface area contributed by atoms with Gasteiger partial charge in [0.2, 0.25) is 0 Å². The molecule has 0 radical (unpaired) electrons. The molecular weight excluding hydrogens is 392 g/mol. The molecule has 3 aromatic rings. The monoisotopic (exact) mass is 422 g/mol. The highest BCUT2D eigenvalue weighted by molar-refractivity contribution is 5.96. The number of hydrogen-bond acceptors (Lipinski definition) is 5. The van der Waals surface area contributed by atoms with E-state index in [0.717, 1.165) is 19.6 Å². The van der Waals surface area contributed by atoms with E-state index in [4.69, 9.17) is 5.41 Å². The maximum atomic E-state index is 13.1. The van der Waals surface area contributed by atoms with Gasteiger partial charge in [0.05, 0.1) is 10.9 Å². The molecule has 0 unspecified atom stereocenters. The fourth-order valence-electron chi connectivity index (χ4n) is 4.21. The van der Waals surface area contributed by atoms with Gasteiger partial charge in [-0.1, -0.05) is 26.3 Å². The van der Waals surface area contributed by atoms with Crippen molar-refractivity contribution in [3.63, 3.8) is 0 Å². The SMILES string of the molecule is CC(C)Cn1c(=N)c(C(=O)NCCN2CCCCC2)cc2c(=O)n3ccccc3nc21. The molecule has 31 heavy (non-hydrogen) atoms. The number of carbonyl (C=O) groups is 1. The smallest absolute Gasteiger partial charge is 0.267 e. The zero-order chi connectivity index (χ0) is 22.0. The third-order valence-electron chi connectivity index (χ3n) is 5.77. The molecule has 4 rings (SSSR count). The zero-order valence-corrected chi connectivity index (χ0v) is 18.2. The maximum absolute atomic E-state index is 13.1. The molecule has 8 heteroatoms. The Morgan fingerprint density at radius 2 is 2.00 bits per heavy atom. The highest BCUT2D eigenvalue weighted by Crippen LogP contribution is 2.12. The van der Waals surface area contributed by atoms with Crippen molar-refractivity contribution < 1.29 is 4.79 Å². The Bertz CT molecular complexity index is 1220. The first-order chi connectivity index (χ1) is 15.0. The molecular formula is C23H30N6O2. The zero-order valence-electron chi connectivity index (χ0n) is 18.2. The van der Waals surface area contributed by atoms with Crippen LogP contribution in [-0.4, -0.2) is 50.9 Å². The fourth-order valence-corrected chi connectivity index (χ4v) is 4.21. The number of piperidine rings is 1. The van der Waals surface area contributed by atoms with Crippen molar-refractivity contribution >= 4 is 22.6 Å². The Hall–Kier alpha value is -3.00. The first-order valence-electron chi connectivity index (χ1n) is 11.1. The van der Waals surface area contributed by atoms with Gasteiger partial charge < -0.3 is 14.8 Å². The van der Waals surface area contributed by atoms with E-state index in [1.165, 1.54) is 29.7 Å². The van der Waals surface area contributed by atoms with Gasteiger partial charge in [-0.3, -0.25) is 19.4 Å². The Balaban J connectivity index is 1.72. The molecule has 0 saturated carbocycles. The molecule has 0 aliphatic carbocycles. The number of carbonyl (C=O) groups excluding carboxylic acids is 1. The van der Waals surface area contributed by atoms with Gasteiger partial charge in [-0.2, -0.15) is 0 Å². The summed E-state index contributed by atoms with van der Waals surface area (Å²) in [4.78, 5) is 33.1. The van der Waals surface area contributed by atoms with Crippen LogP contribution in [0.1, 0.15) is 43.5 Å². The normalized spacial score (nSPS) is 15.1. The highest BCUT2D eigenvalue weighted by Gasteiger charge is 2.18. The predicted octanol–water partition coefficient (Wildman–Crippen LogP) is 2.00. The lowest BCUT2D eigenvalue weighted by molar-refractivity contribution is 0.0944. The van der Waals surface area contributed by atoms with Gasteiger partial charge in [0.15, 0.2) is 0 Å². The summed E-state index contributed by atoms with van der Waals surface area (Å²) >= 11 is 0. The average molecular weight is 423 g/mol. The molecule has 2 N–H and O–H groups in total. The Morgan fingerprint density at radius 3 is 2.74 bits per heavy atom. The van der Waals surface area contributed by atoms with Gasteiger partial charge >= 0.3 is 0 Å². The molecule has 0 bridgehead atoms. The number of aromatic nitrogens is 3. The van der Waals surface area contributed by atoms with Gasteiger partial charge in [0.1, 0.15) is 16.8 Å². The summed E-state index contributed by atoms with van der Waals surface area (Å²) in [5, 5.41) is 12.0. The second kappa shape index (κ2) is 9.01. The van der Waals surface area contributed by atoms with Crippen molar-refractivity contribution in [3.8, 4) is 0 Å². The van der Waals surface area contributed by atoms with Gasteiger partial charge in [-0.25, -0.2) is 4.98 Å². The van der Waals surface area contributed by atoms with Crippen LogP contribution >= 0.6 is 0 Å². The lowest BCUT2D eigenvalue weighted by Gasteiger charge is -2.26. The molecule has 0 aromatic carbocycles. The van der Waals surface area contributed by atoms with Crippen molar-refractivity contribution in [2.45, 2.75) is 39.7 Å². The van der Waals surface area contributed by atoms with Crippen LogP contribution in [-0.2, 0) is 6.54 Å². The molecule has 1 saturated heterocycles. The minimum atomic E-state index is -0.320. The summed E-state index contributed by atoms with van der Waals surface area (Å²) in [7, 11) is 0. The number of pyridine rings is 2. The number of likely N-dealkylation sites (tertiary alicyclic amines) is 1. The van der Waals surface area contributed by atoms with Gasteiger partial charge in [-0.15, -0.1) is 0 Å². The quantitative estimate of drug-likeness (QED) is 0.594. The topological polar surface area (TPSA) is 95.5 Å². The minimum Gasteiger partial charge on any atom is -0.351 e. The van der Waals surface area contributed by atoms with E-state index in [9.17, 15) is 9.59 Å². The third kappa shape index (κ3) is 4.39. The lowest BCUT2D eigenvalue weighted by atomic mass is 10.1. The maximum Gasteiger partial charge on any atom is 0.267 e. The van der Waals surface area contributed by atoms with Gasteiger partial charge in [0, 0.05) is 25.8 Å². The molecule has 0 atom stereocenters. The number of amides is 1. The number of rotatable bonds is 6. The van der Waals surface area contributed by atoms with E-state index in [1.807, 2.05) is 19.9 Å². The van der Waals surface area contributed by atoms with E-state index >= 15 is 0 Å². The lowest BCUT2D eigenvalue weighted by Crippen LogP contribution is -2.40. The molecule has 1 aliphatic rings. The third-order valence-corrected chi connectivity index (χ3v) is 5.77. The van der Waals surface area contributed by atoms with Crippen LogP contribution < -0.4 is 16.4 Å². The summed E-state index contributed by atoms with van der Waals surface area (Å²) in [5.74, 6) is -0.0929. The Kier molecular flexibility index (Phi) is 6.18. The van der Waals surface area contributed by atoms with E-state index in [-0.39, 0.29) is 28.4 Å². The summed E-state index contributed by atoms with van der Waals surface area (Å²) in [6.07, 6.45) is 5.35. The minimum absolute atomic E-state index is 0.0869. The molecule has 164 valence electrons. The molecule has 8 nitrogen and oxygen atoms in total. The molecule has 1 amide bonds. The van der Waals surface area contributed by atoms with Crippen LogP contribution in [0.5, 0.6) is 0 Å². The van der Waals surface area contributed by atoms with Crippen molar-refractivity contribution in [1.82, 2.24) is 24.2 Å². The van der Waals surface area contributed by atoms with Crippen LogP contribution in [0, 0.1) is 11.3 Å². The van der Waals surface area contributed by atoms with Crippen molar-refractivity contribution in [2.24, 2.45) is 5.92 Å². The molecule has 1 fully saturated rings. The van der Waals surface area contributed by atoms with Crippen molar-refractivity contribution in [2.75, 3.05) is 26.2 Å². The molecule has 4 heterocycles. The van der Waals surface area contributed by atoms with Crippen molar-refractivity contribution in [3.05, 3.63) is 51.9 Å². The Morgan fingerprint density at radius 1 is 1.23 bits per heavy atom. The highest BCUT2D eigenvalue weighted by atomic mass is 16.1. The number of hydrogen-bond donors (Lipinski definition) is 2. The van der Waals surface area contributed by atoms with Crippen LogP contribution in [0.3, 0.4) is 0 Å². The first-order valence-corrected chi connectivity index (χ1v) is 11.1. The standard InChI is InChI=1S/C23H30N6O2/c1-16(2)15-29-20(24)17(22(30)25-9-13-27-10-5-3-6-11-27)14-18-21(29)26-19-8-4-7-12-28(19)23(18)31/h4,7-8,12,14,16,24H,3,5-6,9-11,13,15H2,1-2H3,(H,25,30). The van der Waals surface area contributed by atoms with Crippen LogP contribution in [0.2, 0.25) is 0 Å². The fraction of sp³-hybridized carbons (Fsp3) is 0.478.